The Morgan fingerprint density at radius 1 is 1.00 bits per heavy atom. The van der Waals surface area contributed by atoms with Gasteiger partial charge in [-0.05, 0) is 5.41 Å². The standard InChI is InChI=1S/C13H24F2O/c1-11(2,3)9-13(14,15)8-7-10(16)12(4,5)6/h7-9H2,1-6H3. The summed E-state index contributed by atoms with van der Waals surface area (Å²) in [5.41, 5.74) is -0.925. The maximum atomic E-state index is 13.5. The third-order valence-electron chi connectivity index (χ3n) is 2.34. The van der Waals surface area contributed by atoms with Crippen LogP contribution >= 0.6 is 0 Å². The van der Waals surface area contributed by atoms with Crippen LogP contribution in [0.15, 0.2) is 0 Å². The summed E-state index contributed by atoms with van der Waals surface area (Å²) in [6, 6.07) is 0. The van der Waals surface area contributed by atoms with E-state index in [1.165, 1.54) is 0 Å². The molecule has 0 rings (SSSR count). The SMILES string of the molecule is CC(C)(C)CC(F)(F)CCC(=O)C(C)(C)C. The fraction of sp³-hybridized carbons (Fsp3) is 0.923. The van der Waals surface area contributed by atoms with Gasteiger partial charge < -0.3 is 0 Å². The van der Waals surface area contributed by atoms with Crippen molar-refractivity contribution in [1.29, 1.82) is 0 Å². The van der Waals surface area contributed by atoms with E-state index < -0.39 is 16.8 Å². The van der Waals surface area contributed by atoms with Crippen LogP contribution in [-0.2, 0) is 4.79 Å². The summed E-state index contributed by atoms with van der Waals surface area (Å²) in [4.78, 5) is 11.5. The van der Waals surface area contributed by atoms with Crippen LogP contribution in [0.5, 0.6) is 0 Å². The van der Waals surface area contributed by atoms with Gasteiger partial charge >= 0.3 is 0 Å². The van der Waals surface area contributed by atoms with Gasteiger partial charge in [0.05, 0.1) is 0 Å². The number of hydrogen-bond acceptors (Lipinski definition) is 1. The van der Waals surface area contributed by atoms with E-state index in [9.17, 15) is 13.6 Å². The van der Waals surface area contributed by atoms with Crippen LogP contribution < -0.4 is 0 Å². The monoisotopic (exact) mass is 234 g/mol. The predicted octanol–water partition coefficient (Wildman–Crippen LogP) is 4.45. The van der Waals surface area contributed by atoms with E-state index >= 15 is 0 Å². The Kier molecular flexibility index (Phi) is 4.66. The first kappa shape index (κ1) is 15.5. The number of rotatable bonds is 4. The van der Waals surface area contributed by atoms with Crippen LogP contribution in [0, 0.1) is 10.8 Å². The first-order valence-corrected chi connectivity index (χ1v) is 5.75. The highest BCUT2D eigenvalue weighted by molar-refractivity contribution is 5.83. The Bertz CT molecular complexity index is 244. The molecular weight excluding hydrogens is 210 g/mol. The molecule has 0 aromatic rings. The minimum absolute atomic E-state index is 0.0351. The molecule has 0 saturated carbocycles. The lowest BCUT2D eigenvalue weighted by Crippen LogP contribution is -2.27. The Hall–Kier alpha value is -0.470. The maximum Gasteiger partial charge on any atom is 0.249 e. The molecule has 0 atom stereocenters. The predicted molar refractivity (Wildman–Crippen MR) is 62.7 cm³/mol. The van der Waals surface area contributed by atoms with Crippen LogP contribution in [-0.4, -0.2) is 11.7 Å². The second kappa shape index (κ2) is 4.80. The van der Waals surface area contributed by atoms with Gasteiger partial charge in [-0.1, -0.05) is 41.5 Å². The number of carbonyl (C=O) groups excluding carboxylic acids is 1. The van der Waals surface area contributed by atoms with E-state index in [0.717, 1.165) is 0 Å². The normalized spacial score (nSPS) is 14.0. The van der Waals surface area contributed by atoms with Crippen molar-refractivity contribution in [2.75, 3.05) is 0 Å². The third-order valence-corrected chi connectivity index (χ3v) is 2.34. The number of carbonyl (C=O) groups is 1. The zero-order valence-corrected chi connectivity index (χ0v) is 11.3. The fourth-order valence-corrected chi connectivity index (χ4v) is 1.54. The molecule has 0 saturated heterocycles. The second-order valence-corrected chi connectivity index (χ2v) is 6.77. The third kappa shape index (κ3) is 6.91. The Labute approximate surface area is 97.6 Å². The van der Waals surface area contributed by atoms with Crippen LogP contribution in [0.25, 0.3) is 0 Å². The van der Waals surface area contributed by atoms with E-state index in [4.69, 9.17) is 0 Å². The Morgan fingerprint density at radius 2 is 1.44 bits per heavy atom. The van der Waals surface area contributed by atoms with E-state index in [-0.39, 0.29) is 25.0 Å². The lowest BCUT2D eigenvalue weighted by atomic mass is 9.84. The lowest BCUT2D eigenvalue weighted by molar-refractivity contribution is -0.129. The van der Waals surface area contributed by atoms with Crippen molar-refractivity contribution < 1.29 is 13.6 Å². The summed E-state index contributed by atoms with van der Waals surface area (Å²) >= 11 is 0. The number of ketones is 1. The minimum atomic E-state index is -2.74. The molecule has 3 heteroatoms. The van der Waals surface area contributed by atoms with Gasteiger partial charge in [-0.2, -0.15) is 0 Å². The van der Waals surface area contributed by atoms with Gasteiger partial charge in [0, 0.05) is 24.7 Å². The molecule has 0 bridgehead atoms. The molecule has 0 aromatic heterocycles. The van der Waals surface area contributed by atoms with E-state index in [1.807, 2.05) is 0 Å². The molecule has 0 aliphatic rings. The van der Waals surface area contributed by atoms with Crippen molar-refractivity contribution in [2.45, 2.75) is 66.7 Å². The number of alkyl halides is 2. The molecule has 0 unspecified atom stereocenters. The van der Waals surface area contributed by atoms with Gasteiger partial charge in [-0.25, -0.2) is 8.78 Å². The zero-order valence-electron chi connectivity index (χ0n) is 11.3. The van der Waals surface area contributed by atoms with Gasteiger partial charge in [0.25, 0.3) is 0 Å². The molecule has 0 spiro atoms. The highest BCUT2D eigenvalue weighted by Gasteiger charge is 2.35. The number of hydrogen-bond donors (Lipinski definition) is 0. The molecular formula is C13H24F2O. The smallest absolute Gasteiger partial charge is 0.249 e. The molecule has 0 aromatic carbocycles. The average molecular weight is 234 g/mol. The van der Waals surface area contributed by atoms with Crippen LogP contribution in [0.4, 0.5) is 8.78 Å². The maximum absolute atomic E-state index is 13.5. The Morgan fingerprint density at radius 3 is 1.75 bits per heavy atom. The summed E-state index contributed by atoms with van der Waals surface area (Å²) in [6.07, 6.45) is -0.537. The molecule has 16 heavy (non-hydrogen) atoms. The van der Waals surface area contributed by atoms with Crippen molar-refractivity contribution >= 4 is 5.78 Å². The van der Waals surface area contributed by atoms with Crippen molar-refractivity contribution in [3.8, 4) is 0 Å². The van der Waals surface area contributed by atoms with E-state index in [1.54, 1.807) is 41.5 Å². The van der Waals surface area contributed by atoms with Crippen LogP contribution in [0.1, 0.15) is 60.8 Å². The molecule has 0 N–H and O–H groups in total. The molecule has 0 fully saturated rings. The Balaban J connectivity index is 4.25. The quantitative estimate of drug-likeness (QED) is 0.702. The summed E-state index contributed by atoms with van der Waals surface area (Å²) in [5, 5.41) is 0. The lowest BCUT2D eigenvalue weighted by Gasteiger charge is -2.26. The number of halogens is 2. The van der Waals surface area contributed by atoms with Crippen molar-refractivity contribution in [1.82, 2.24) is 0 Å². The first-order chi connectivity index (χ1) is 6.83. The molecule has 0 heterocycles. The molecule has 0 radical (unpaired) electrons. The number of Topliss-reactive ketones (excluding diaryl/α,β-unsaturated/α-hetero) is 1. The molecule has 1 nitrogen and oxygen atoms in total. The molecule has 0 amide bonds. The van der Waals surface area contributed by atoms with Gasteiger partial charge in [-0.15, -0.1) is 0 Å². The molecule has 0 aliphatic heterocycles. The van der Waals surface area contributed by atoms with Crippen molar-refractivity contribution in [2.24, 2.45) is 10.8 Å². The van der Waals surface area contributed by atoms with Crippen LogP contribution in [0.3, 0.4) is 0 Å². The second-order valence-electron chi connectivity index (χ2n) is 6.77. The van der Waals surface area contributed by atoms with Crippen LogP contribution in [0.2, 0.25) is 0 Å². The average Bonchev–Trinajstić information content (AvgIpc) is 1.93. The minimum Gasteiger partial charge on any atom is -0.299 e. The van der Waals surface area contributed by atoms with Gasteiger partial charge in [-0.3, -0.25) is 4.79 Å². The highest BCUT2D eigenvalue weighted by Crippen LogP contribution is 2.35. The fourth-order valence-electron chi connectivity index (χ4n) is 1.54. The largest absolute Gasteiger partial charge is 0.299 e. The summed E-state index contributed by atoms with van der Waals surface area (Å²) in [5.74, 6) is -2.83. The zero-order chi connectivity index (χ0) is 13.2. The van der Waals surface area contributed by atoms with E-state index in [2.05, 4.69) is 0 Å². The summed E-state index contributed by atoms with van der Waals surface area (Å²) in [6.45, 7) is 10.6. The topological polar surface area (TPSA) is 17.1 Å². The van der Waals surface area contributed by atoms with Gasteiger partial charge in [0.15, 0.2) is 0 Å². The molecule has 96 valence electrons. The summed E-state index contributed by atoms with van der Waals surface area (Å²) in [7, 11) is 0. The highest BCUT2D eigenvalue weighted by atomic mass is 19.3. The van der Waals surface area contributed by atoms with Crippen molar-refractivity contribution in [3.63, 3.8) is 0 Å². The first-order valence-electron chi connectivity index (χ1n) is 5.75. The van der Waals surface area contributed by atoms with Gasteiger partial charge in [0.2, 0.25) is 5.92 Å². The molecule has 0 aliphatic carbocycles. The van der Waals surface area contributed by atoms with Gasteiger partial charge in [0.1, 0.15) is 5.78 Å². The van der Waals surface area contributed by atoms with Crippen molar-refractivity contribution in [3.05, 3.63) is 0 Å². The summed E-state index contributed by atoms with van der Waals surface area (Å²) < 4.78 is 27.0. The van der Waals surface area contributed by atoms with E-state index in [0.29, 0.717) is 0 Å².